The predicted octanol–water partition coefficient (Wildman–Crippen LogP) is 4.30. The van der Waals surface area contributed by atoms with Crippen LogP contribution in [0, 0.1) is 23.7 Å². The molecular formula is C39H65N5O8. The largest absolute Gasteiger partial charge is 0.465 e. The molecule has 0 bridgehead atoms. The number of nitrogens with one attached hydrogen (secondary N) is 2. The van der Waals surface area contributed by atoms with Crippen molar-refractivity contribution in [2.24, 2.45) is 23.7 Å². The number of nitrogens with zero attached hydrogens (tertiary/aromatic N) is 3. The van der Waals surface area contributed by atoms with E-state index in [1.54, 1.807) is 32.7 Å². The number of rotatable bonds is 19. The molecule has 9 atom stereocenters. The molecule has 1 aliphatic rings. The maximum atomic E-state index is 14.2. The van der Waals surface area contributed by atoms with Gasteiger partial charge in [-0.25, -0.2) is 4.79 Å². The van der Waals surface area contributed by atoms with Crippen molar-refractivity contribution in [3.05, 3.63) is 35.9 Å². The van der Waals surface area contributed by atoms with Crippen molar-refractivity contribution in [2.75, 3.05) is 27.7 Å². The Hall–Kier alpha value is -3.71. The molecule has 0 aromatic heterocycles. The van der Waals surface area contributed by atoms with Gasteiger partial charge in [0.25, 0.3) is 0 Å². The van der Waals surface area contributed by atoms with E-state index >= 15 is 0 Å². The lowest BCUT2D eigenvalue weighted by Gasteiger charge is -2.40. The van der Waals surface area contributed by atoms with Crippen LogP contribution >= 0.6 is 0 Å². The second-order valence-electron chi connectivity index (χ2n) is 15.3. The summed E-state index contributed by atoms with van der Waals surface area (Å²) < 4.78 is 5.95. The summed E-state index contributed by atoms with van der Waals surface area (Å²) in [6.45, 7) is 15.3. The third-order valence-electron chi connectivity index (χ3n) is 10.7. The molecule has 1 fully saturated rings. The molecule has 52 heavy (non-hydrogen) atoms. The number of aliphatic hydroxyl groups is 1. The van der Waals surface area contributed by atoms with Gasteiger partial charge in [0.2, 0.25) is 23.6 Å². The van der Waals surface area contributed by atoms with Crippen molar-refractivity contribution in [2.45, 2.75) is 130 Å². The van der Waals surface area contributed by atoms with Crippen LogP contribution in [0.5, 0.6) is 0 Å². The maximum absolute atomic E-state index is 14.2. The number of likely N-dealkylation sites (tertiary alicyclic amines) is 1. The van der Waals surface area contributed by atoms with E-state index in [1.807, 2.05) is 69.9 Å². The van der Waals surface area contributed by atoms with Crippen molar-refractivity contribution < 1.29 is 38.9 Å². The van der Waals surface area contributed by atoms with E-state index in [0.717, 1.165) is 23.3 Å². The van der Waals surface area contributed by atoms with E-state index in [4.69, 9.17) is 4.74 Å². The molecule has 294 valence electrons. The fourth-order valence-corrected chi connectivity index (χ4v) is 7.34. The average Bonchev–Trinajstić information content (AvgIpc) is 3.57. The number of methoxy groups -OCH3 is 1. The highest BCUT2D eigenvalue weighted by molar-refractivity contribution is 5.91. The summed E-state index contributed by atoms with van der Waals surface area (Å²) in [6, 6.07) is 6.12. The summed E-state index contributed by atoms with van der Waals surface area (Å²) in [5.74, 6) is -2.31. The Kier molecular flexibility index (Phi) is 17.5. The highest BCUT2D eigenvalue weighted by Gasteiger charge is 2.41. The highest BCUT2D eigenvalue weighted by atomic mass is 16.5. The second kappa shape index (κ2) is 20.5. The number of carbonyl (C=O) groups excluding carboxylic acids is 4. The first-order valence-electron chi connectivity index (χ1n) is 18.8. The van der Waals surface area contributed by atoms with Gasteiger partial charge < -0.3 is 35.4 Å². The topological polar surface area (TPSA) is 169 Å². The molecule has 1 aromatic carbocycles. The molecule has 4 N–H and O–H groups in total. The van der Waals surface area contributed by atoms with Gasteiger partial charge in [-0.15, -0.1) is 0 Å². The maximum Gasteiger partial charge on any atom is 0.407 e. The van der Waals surface area contributed by atoms with E-state index in [1.165, 1.54) is 14.2 Å². The van der Waals surface area contributed by atoms with E-state index in [-0.39, 0.29) is 47.9 Å². The summed E-state index contributed by atoms with van der Waals surface area (Å²) in [6.07, 6.45) is 0.0313. The number of carboxylic acid groups (broad SMARTS) is 1. The first-order chi connectivity index (χ1) is 24.4. The van der Waals surface area contributed by atoms with Crippen LogP contribution in [0.4, 0.5) is 4.79 Å². The normalized spacial score (nSPS) is 19.2. The van der Waals surface area contributed by atoms with Crippen molar-refractivity contribution in [3.63, 3.8) is 0 Å². The molecule has 1 heterocycles. The molecule has 13 heteroatoms. The minimum absolute atomic E-state index is 0.0258. The van der Waals surface area contributed by atoms with E-state index in [2.05, 4.69) is 10.6 Å². The predicted molar refractivity (Wildman–Crippen MR) is 200 cm³/mol. The Morgan fingerprint density at radius 2 is 1.54 bits per heavy atom. The summed E-state index contributed by atoms with van der Waals surface area (Å²) in [4.78, 5) is 70.8. The zero-order valence-electron chi connectivity index (χ0n) is 33.2. The van der Waals surface area contributed by atoms with Crippen molar-refractivity contribution in [3.8, 4) is 0 Å². The van der Waals surface area contributed by atoms with Crippen LogP contribution in [0.25, 0.3) is 0 Å². The van der Waals surface area contributed by atoms with E-state index < -0.39 is 54.3 Å². The minimum atomic E-state index is -1.24. The zero-order chi connectivity index (χ0) is 39.4. The minimum Gasteiger partial charge on any atom is -0.465 e. The van der Waals surface area contributed by atoms with Crippen LogP contribution in [0.15, 0.2) is 30.3 Å². The molecule has 5 amide bonds. The number of carbonyl (C=O) groups is 5. The number of likely N-dealkylation sites (N-methyl/N-ethyl adjacent to an activating group) is 2. The Balaban J connectivity index is 2.18. The smallest absolute Gasteiger partial charge is 0.407 e. The fraction of sp³-hybridized carbons (Fsp3) is 0.718. The number of benzene rings is 1. The molecule has 0 radical (unpaired) electrons. The molecule has 0 aliphatic carbocycles. The zero-order valence-corrected chi connectivity index (χ0v) is 33.2. The Morgan fingerprint density at radius 3 is 2.06 bits per heavy atom. The van der Waals surface area contributed by atoms with Gasteiger partial charge in [-0.1, -0.05) is 85.2 Å². The molecule has 1 aromatic rings. The summed E-state index contributed by atoms with van der Waals surface area (Å²) in [5, 5.41) is 26.1. The van der Waals surface area contributed by atoms with Crippen LogP contribution in [0.3, 0.4) is 0 Å². The van der Waals surface area contributed by atoms with E-state index in [9.17, 15) is 34.2 Å². The first kappa shape index (κ1) is 44.5. The number of ether oxygens (including phenoxy) is 1. The Labute approximate surface area is 310 Å². The van der Waals surface area contributed by atoms with Crippen molar-refractivity contribution in [1.82, 2.24) is 25.3 Å². The van der Waals surface area contributed by atoms with E-state index in [0.29, 0.717) is 19.4 Å². The van der Waals surface area contributed by atoms with Crippen LogP contribution in [0.2, 0.25) is 0 Å². The average molecular weight is 732 g/mol. The second-order valence-corrected chi connectivity index (χ2v) is 15.3. The lowest BCUT2D eigenvalue weighted by Crippen LogP contribution is -2.60. The Morgan fingerprint density at radius 1 is 0.923 bits per heavy atom. The number of amides is 5. The van der Waals surface area contributed by atoms with Gasteiger partial charge in [0, 0.05) is 39.7 Å². The molecular weight excluding hydrogens is 666 g/mol. The summed E-state index contributed by atoms with van der Waals surface area (Å²) >= 11 is 0. The quantitative estimate of drug-likeness (QED) is 0.163. The monoisotopic (exact) mass is 731 g/mol. The van der Waals surface area contributed by atoms with Gasteiger partial charge in [0.1, 0.15) is 12.1 Å². The lowest BCUT2D eigenvalue weighted by molar-refractivity contribution is -0.146. The van der Waals surface area contributed by atoms with Gasteiger partial charge in [0.05, 0.1) is 30.7 Å². The van der Waals surface area contributed by atoms with Gasteiger partial charge in [-0.3, -0.25) is 24.1 Å². The van der Waals surface area contributed by atoms with Crippen LogP contribution in [0.1, 0.15) is 99.2 Å². The third-order valence-corrected chi connectivity index (χ3v) is 10.7. The van der Waals surface area contributed by atoms with Gasteiger partial charge >= 0.3 is 6.09 Å². The van der Waals surface area contributed by atoms with Crippen molar-refractivity contribution >= 4 is 29.7 Å². The Bertz CT molecular complexity index is 1330. The van der Waals surface area contributed by atoms with Crippen molar-refractivity contribution in [1.29, 1.82) is 0 Å². The molecule has 1 aliphatic heterocycles. The molecule has 0 saturated carbocycles. The third kappa shape index (κ3) is 11.6. The standard InChI is InChI=1S/C39H65N5O8/c1-12-25(6)34(42(9)38(49)32(23(2)3)41-37(48)33(24(4)5)43(10)39(50)51)30(52-11)22-31(45)44-20-16-19-29(44)21-26(7)36(47)40-27(8)35(46)28-17-14-13-15-18-28/h13-15,17-18,23-27,29-30,32-35,46H,12,16,19-22H2,1-11H3,(H,40,47)(H,41,48)(H,50,51)/t25-,26+,27+,29-,30+,32-,33-,34-,35+/m0/s1. The van der Waals surface area contributed by atoms with Gasteiger partial charge in [0.15, 0.2) is 0 Å². The number of hydrogen-bond donors (Lipinski definition) is 4. The molecule has 13 nitrogen and oxygen atoms in total. The molecule has 1 saturated heterocycles. The SMILES string of the molecule is CC[C@H](C)[C@@H]([C@@H](CC(=O)N1CCC[C@H]1C[C@@H](C)C(=O)N[C@H](C)[C@@H](O)c1ccccc1)OC)N(C)C(=O)[C@@H](NC(=O)[C@H](C(C)C)N(C)C(=O)O)C(C)C. The first-order valence-corrected chi connectivity index (χ1v) is 18.8. The van der Waals surface area contributed by atoms with Crippen LogP contribution < -0.4 is 10.6 Å². The van der Waals surface area contributed by atoms with Crippen LogP contribution in [-0.4, -0.2) is 119 Å². The number of aliphatic hydroxyl groups excluding tert-OH is 1. The summed E-state index contributed by atoms with van der Waals surface area (Å²) in [5.41, 5.74) is 0.721. The lowest BCUT2D eigenvalue weighted by atomic mass is 9.89. The molecule has 2 rings (SSSR count). The summed E-state index contributed by atoms with van der Waals surface area (Å²) in [7, 11) is 4.53. The fourth-order valence-electron chi connectivity index (χ4n) is 7.34. The van der Waals surface area contributed by atoms with Gasteiger partial charge in [-0.05, 0) is 49.5 Å². The molecule has 0 spiro atoms. The van der Waals surface area contributed by atoms with Crippen LogP contribution in [-0.2, 0) is 23.9 Å². The highest BCUT2D eigenvalue weighted by Crippen LogP contribution is 2.28. The number of hydrogen-bond acceptors (Lipinski definition) is 7. The molecule has 0 unspecified atom stereocenters. The van der Waals surface area contributed by atoms with Gasteiger partial charge in [-0.2, -0.15) is 0 Å².